The number of aromatic nitrogens is 1. The lowest BCUT2D eigenvalue weighted by Gasteiger charge is -2.07. The number of hydrogen-bond donors (Lipinski definition) is 0. The molecule has 0 aliphatic rings. The maximum absolute atomic E-state index is 12.9. The molecule has 0 fully saturated rings. The van der Waals surface area contributed by atoms with Gasteiger partial charge in [0.05, 0.1) is 16.2 Å². The fourth-order valence-electron chi connectivity index (χ4n) is 1.88. The average molecular weight is 338 g/mol. The molecule has 22 heavy (non-hydrogen) atoms. The summed E-state index contributed by atoms with van der Waals surface area (Å²) >= 11 is 12.0. The predicted molar refractivity (Wildman–Crippen MR) is 82.7 cm³/mol. The molecule has 0 atom stereocenters. The molecular formula is C16H10Cl2FNO2. The van der Waals surface area contributed by atoms with Crippen molar-refractivity contribution in [2.75, 3.05) is 0 Å². The second kappa shape index (κ2) is 6.38. The molecule has 0 aliphatic heterocycles. The smallest absolute Gasteiger partial charge is 0.232 e. The zero-order valence-corrected chi connectivity index (χ0v) is 12.7. The molecule has 0 spiro atoms. The third kappa shape index (κ3) is 3.24. The summed E-state index contributed by atoms with van der Waals surface area (Å²) in [6.45, 7) is 0.0879. The molecule has 0 amide bonds. The van der Waals surface area contributed by atoms with Crippen molar-refractivity contribution in [2.45, 2.75) is 6.61 Å². The topological polar surface area (TPSA) is 35.3 Å². The zero-order valence-electron chi connectivity index (χ0n) is 11.2. The van der Waals surface area contributed by atoms with Crippen LogP contribution in [0.25, 0.3) is 11.3 Å². The Bertz CT molecular complexity index is 767. The monoisotopic (exact) mass is 337 g/mol. The summed E-state index contributed by atoms with van der Waals surface area (Å²) in [4.78, 5) is 4.12. The lowest BCUT2D eigenvalue weighted by molar-refractivity contribution is 0.265. The minimum absolute atomic E-state index is 0.0879. The average Bonchev–Trinajstić information content (AvgIpc) is 2.96. The van der Waals surface area contributed by atoms with E-state index in [2.05, 4.69) is 4.98 Å². The van der Waals surface area contributed by atoms with Gasteiger partial charge in [0.2, 0.25) is 5.89 Å². The van der Waals surface area contributed by atoms with E-state index in [1.807, 2.05) is 0 Å². The molecule has 0 unspecified atom stereocenters. The summed E-state index contributed by atoms with van der Waals surface area (Å²) in [5, 5.41) is 0.829. The van der Waals surface area contributed by atoms with Gasteiger partial charge < -0.3 is 9.15 Å². The van der Waals surface area contributed by atoms with E-state index in [1.54, 1.807) is 36.5 Å². The SMILES string of the molecule is Fc1ccc(-c2cnc(COc3c(Cl)cccc3Cl)o2)cc1. The van der Waals surface area contributed by atoms with E-state index in [-0.39, 0.29) is 12.4 Å². The Morgan fingerprint density at radius 3 is 2.41 bits per heavy atom. The lowest BCUT2D eigenvalue weighted by Crippen LogP contribution is -1.96. The van der Waals surface area contributed by atoms with E-state index in [1.165, 1.54) is 12.1 Å². The first-order chi connectivity index (χ1) is 10.6. The molecule has 0 saturated heterocycles. The molecule has 1 heterocycles. The van der Waals surface area contributed by atoms with Crippen LogP contribution in [0, 0.1) is 5.82 Å². The summed E-state index contributed by atoms with van der Waals surface area (Å²) < 4.78 is 24.0. The minimum Gasteiger partial charge on any atom is -0.481 e. The fraction of sp³-hybridized carbons (Fsp3) is 0.0625. The van der Waals surface area contributed by atoms with Crippen LogP contribution in [-0.2, 0) is 6.61 Å². The first-order valence-corrected chi connectivity index (χ1v) is 7.16. The van der Waals surface area contributed by atoms with Crippen LogP contribution in [0.2, 0.25) is 10.0 Å². The highest BCUT2D eigenvalue weighted by Crippen LogP contribution is 2.33. The fourth-order valence-corrected chi connectivity index (χ4v) is 2.39. The van der Waals surface area contributed by atoms with E-state index in [0.717, 1.165) is 5.56 Å². The highest BCUT2D eigenvalue weighted by atomic mass is 35.5. The molecule has 3 rings (SSSR count). The van der Waals surface area contributed by atoms with E-state index in [9.17, 15) is 4.39 Å². The molecule has 112 valence electrons. The molecule has 0 aliphatic carbocycles. The van der Waals surface area contributed by atoms with E-state index < -0.39 is 0 Å². The van der Waals surface area contributed by atoms with Gasteiger partial charge in [0.25, 0.3) is 0 Å². The normalized spacial score (nSPS) is 10.7. The number of nitrogens with zero attached hydrogens (tertiary/aromatic N) is 1. The summed E-state index contributed by atoms with van der Waals surface area (Å²) in [5.41, 5.74) is 0.732. The van der Waals surface area contributed by atoms with Crippen molar-refractivity contribution in [2.24, 2.45) is 0 Å². The zero-order chi connectivity index (χ0) is 15.5. The molecule has 0 bridgehead atoms. The number of oxazole rings is 1. The van der Waals surface area contributed by atoms with Gasteiger partial charge in [-0.25, -0.2) is 9.37 Å². The van der Waals surface area contributed by atoms with Crippen LogP contribution in [0.1, 0.15) is 5.89 Å². The third-order valence-corrected chi connectivity index (χ3v) is 3.54. The number of rotatable bonds is 4. The van der Waals surface area contributed by atoms with Crippen molar-refractivity contribution in [3.8, 4) is 17.1 Å². The second-order valence-corrected chi connectivity index (χ2v) is 5.28. The van der Waals surface area contributed by atoms with Crippen LogP contribution in [0.3, 0.4) is 0 Å². The van der Waals surface area contributed by atoms with Gasteiger partial charge in [0.15, 0.2) is 18.1 Å². The predicted octanol–water partition coefficient (Wildman–Crippen LogP) is 5.37. The molecule has 0 radical (unpaired) electrons. The van der Waals surface area contributed by atoms with Crippen LogP contribution >= 0.6 is 23.2 Å². The standard InChI is InChI=1S/C16H10Cl2FNO2/c17-12-2-1-3-13(18)16(12)21-9-15-20-8-14(22-15)10-4-6-11(19)7-5-10/h1-8H,9H2. The van der Waals surface area contributed by atoms with Gasteiger partial charge in [-0.2, -0.15) is 0 Å². The molecule has 3 aromatic rings. The van der Waals surface area contributed by atoms with Crippen molar-refractivity contribution in [1.29, 1.82) is 0 Å². The maximum atomic E-state index is 12.9. The van der Waals surface area contributed by atoms with Crippen LogP contribution in [0.5, 0.6) is 5.75 Å². The molecule has 0 N–H and O–H groups in total. The van der Waals surface area contributed by atoms with Crippen LogP contribution in [0.15, 0.2) is 53.1 Å². The quantitative estimate of drug-likeness (QED) is 0.642. The van der Waals surface area contributed by atoms with Crippen LogP contribution < -0.4 is 4.74 Å². The van der Waals surface area contributed by atoms with Gasteiger partial charge in [-0.1, -0.05) is 29.3 Å². The Hall–Kier alpha value is -2.04. The molecule has 2 aromatic carbocycles. The highest BCUT2D eigenvalue weighted by Gasteiger charge is 2.10. The van der Waals surface area contributed by atoms with Crippen molar-refractivity contribution < 1.29 is 13.5 Å². The highest BCUT2D eigenvalue weighted by molar-refractivity contribution is 6.37. The molecule has 3 nitrogen and oxygen atoms in total. The number of benzene rings is 2. The molecular weight excluding hydrogens is 328 g/mol. The van der Waals surface area contributed by atoms with Gasteiger partial charge in [-0.15, -0.1) is 0 Å². The number of halogens is 3. The third-order valence-electron chi connectivity index (χ3n) is 2.94. The first kappa shape index (κ1) is 14.9. The van der Waals surface area contributed by atoms with Gasteiger partial charge in [0, 0.05) is 5.56 Å². The number of para-hydroxylation sites is 1. The van der Waals surface area contributed by atoms with Crippen molar-refractivity contribution in [3.05, 3.63) is 70.4 Å². The Balaban J connectivity index is 1.73. The Morgan fingerprint density at radius 1 is 1.05 bits per heavy atom. The molecule has 0 saturated carbocycles. The maximum Gasteiger partial charge on any atom is 0.232 e. The van der Waals surface area contributed by atoms with Gasteiger partial charge in [-0.3, -0.25) is 0 Å². The summed E-state index contributed by atoms with van der Waals surface area (Å²) in [6.07, 6.45) is 1.56. The summed E-state index contributed by atoms with van der Waals surface area (Å²) in [5.74, 6) is 0.978. The number of hydrogen-bond acceptors (Lipinski definition) is 3. The van der Waals surface area contributed by atoms with Gasteiger partial charge >= 0.3 is 0 Å². The van der Waals surface area contributed by atoms with Crippen LogP contribution in [0.4, 0.5) is 4.39 Å². The van der Waals surface area contributed by atoms with Gasteiger partial charge in [-0.05, 0) is 36.4 Å². The number of ether oxygens (including phenoxy) is 1. The Labute approximate surface area is 136 Å². The lowest BCUT2D eigenvalue weighted by atomic mass is 10.2. The van der Waals surface area contributed by atoms with Crippen LogP contribution in [-0.4, -0.2) is 4.98 Å². The molecule has 1 aromatic heterocycles. The van der Waals surface area contributed by atoms with Crippen molar-refractivity contribution >= 4 is 23.2 Å². The largest absolute Gasteiger partial charge is 0.481 e. The summed E-state index contributed by atoms with van der Waals surface area (Å²) in [7, 11) is 0. The Morgan fingerprint density at radius 2 is 1.73 bits per heavy atom. The first-order valence-electron chi connectivity index (χ1n) is 6.41. The van der Waals surface area contributed by atoms with E-state index in [4.69, 9.17) is 32.4 Å². The Kier molecular flexibility index (Phi) is 4.32. The second-order valence-electron chi connectivity index (χ2n) is 4.46. The van der Waals surface area contributed by atoms with E-state index >= 15 is 0 Å². The van der Waals surface area contributed by atoms with E-state index in [0.29, 0.717) is 27.4 Å². The minimum atomic E-state index is -0.305. The van der Waals surface area contributed by atoms with Crippen molar-refractivity contribution in [3.63, 3.8) is 0 Å². The summed E-state index contributed by atoms with van der Waals surface area (Å²) in [6, 6.07) is 11.0. The van der Waals surface area contributed by atoms with Gasteiger partial charge in [0.1, 0.15) is 5.82 Å². The molecule has 6 heteroatoms. The van der Waals surface area contributed by atoms with Crippen molar-refractivity contribution in [1.82, 2.24) is 4.98 Å².